The number of hydrogen-bond acceptors (Lipinski definition) is 3. The van der Waals surface area contributed by atoms with Crippen LogP contribution < -0.4 is 11.5 Å². The first-order chi connectivity index (χ1) is 6.36. The molecular weight excluding hydrogens is 164 g/mol. The summed E-state index contributed by atoms with van der Waals surface area (Å²) >= 11 is 0. The van der Waals surface area contributed by atoms with Gasteiger partial charge in [-0.2, -0.15) is 0 Å². The van der Waals surface area contributed by atoms with Gasteiger partial charge in [-0.05, 0) is 12.1 Å². The molecule has 0 bridgehead atoms. The number of nitrogens with zero attached hydrogens (tertiary/aromatic N) is 2. The van der Waals surface area contributed by atoms with Gasteiger partial charge in [0.05, 0.1) is 17.8 Å². The second-order valence-electron chi connectivity index (χ2n) is 2.84. The summed E-state index contributed by atoms with van der Waals surface area (Å²) in [6.07, 6.45) is 1.95. The Kier molecular flexibility index (Phi) is 2.00. The van der Waals surface area contributed by atoms with E-state index in [1.54, 1.807) is 0 Å². The van der Waals surface area contributed by atoms with Gasteiger partial charge in [-0.3, -0.25) is 0 Å². The molecule has 0 aliphatic rings. The van der Waals surface area contributed by atoms with Crippen molar-refractivity contribution in [1.82, 2.24) is 9.38 Å². The zero-order chi connectivity index (χ0) is 9.26. The average molecular weight is 176 g/mol. The van der Waals surface area contributed by atoms with E-state index in [0.29, 0.717) is 13.1 Å². The van der Waals surface area contributed by atoms with E-state index < -0.39 is 0 Å². The maximum absolute atomic E-state index is 5.57. The highest BCUT2D eigenvalue weighted by atomic mass is 15.0. The number of imidazole rings is 1. The molecule has 2 rings (SSSR count). The minimum absolute atomic E-state index is 0.436. The van der Waals surface area contributed by atoms with Crippen LogP contribution in [0.25, 0.3) is 5.52 Å². The van der Waals surface area contributed by atoms with E-state index in [2.05, 4.69) is 4.98 Å². The Hall–Kier alpha value is -1.39. The highest BCUT2D eigenvalue weighted by molar-refractivity contribution is 5.53. The van der Waals surface area contributed by atoms with Crippen molar-refractivity contribution in [3.05, 3.63) is 35.9 Å². The van der Waals surface area contributed by atoms with Crippen LogP contribution >= 0.6 is 0 Å². The van der Waals surface area contributed by atoms with Crippen molar-refractivity contribution in [2.24, 2.45) is 11.5 Å². The Morgan fingerprint density at radius 1 is 1.23 bits per heavy atom. The van der Waals surface area contributed by atoms with E-state index in [0.717, 1.165) is 17.0 Å². The van der Waals surface area contributed by atoms with Gasteiger partial charge < -0.3 is 15.9 Å². The third kappa shape index (κ3) is 1.20. The molecule has 0 fully saturated rings. The Bertz CT molecular complexity index is 380. The van der Waals surface area contributed by atoms with Crippen LogP contribution in [0.15, 0.2) is 24.4 Å². The number of rotatable bonds is 2. The lowest BCUT2D eigenvalue weighted by molar-refractivity contribution is 0.889. The smallest absolute Gasteiger partial charge is 0.127 e. The molecule has 0 radical (unpaired) electrons. The van der Waals surface area contributed by atoms with Crippen LogP contribution in [0.1, 0.15) is 11.5 Å². The molecule has 0 spiro atoms. The average Bonchev–Trinajstić information content (AvgIpc) is 2.56. The molecule has 0 amide bonds. The maximum atomic E-state index is 5.57. The van der Waals surface area contributed by atoms with Crippen molar-refractivity contribution >= 4 is 5.52 Å². The zero-order valence-corrected chi connectivity index (χ0v) is 7.27. The number of fused-ring (bicyclic) bond motifs is 1. The first-order valence-corrected chi connectivity index (χ1v) is 4.21. The summed E-state index contributed by atoms with van der Waals surface area (Å²) in [5.74, 6) is 0.857. The molecule has 0 saturated carbocycles. The maximum Gasteiger partial charge on any atom is 0.127 e. The summed E-state index contributed by atoms with van der Waals surface area (Å²) in [6, 6.07) is 5.92. The molecule has 4 nitrogen and oxygen atoms in total. The third-order valence-corrected chi connectivity index (χ3v) is 2.07. The lowest BCUT2D eigenvalue weighted by Crippen LogP contribution is -2.02. The van der Waals surface area contributed by atoms with Crippen LogP contribution in [0, 0.1) is 0 Å². The predicted molar refractivity (Wildman–Crippen MR) is 51.0 cm³/mol. The number of pyridine rings is 1. The second kappa shape index (κ2) is 3.16. The number of nitrogens with two attached hydrogens (primary N) is 2. The molecule has 0 aromatic carbocycles. The van der Waals surface area contributed by atoms with E-state index in [-0.39, 0.29) is 0 Å². The molecule has 0 aliphatic heterocycles. The molecular formula is C9H12N4. The fourth-order valence-corrected chi connectivity index (χ4v) is 1.46. The van der Waals surface area contributed by atoms with Gasteiger partial charge in [-0.1, -0.05) is 6.07 Å². The first-order valence-electron chi connectivity index (χ1n) is 4.21. The Labute approximate surface area is 76.2 Å². The summed E-state index contributed by atoms with van der Waals surface area (Å²) in [6.45, 7) is 0.888. The fraction of sp³-hybridized carbons (Fsp3) is 0.222. The van der Waals surface area contributed by atoms with E-state index in [1.807, 2.05) is 28.8 Å². The monoisotopic (exact) mass is 176 g/mol. The van der Waals surface area contributed by atoms with Gasteiger partial charge in [0.25, 0.3) is 0 Å². The highest BCUT2D eigenvalue weighted by Gasteiger charge is 2.06. The molecule has 0 atom stereocenters. The van der Waals surface area contributed by atoms with Gasteiger partial charge >= 0.3 is 0 Å². The van der Waals surface area contributed by atoms with Crippen molar-refractivity contribution in [3.63, 3.8) is 0 Å². The van der Waals surface area contributed by atoms with Crippen LogP contribution in [0.5, 0.6) is 0 Å². The lowest BCUT2D eigenvalue weighted by atomic mass is 10.3. The third-order valence-electron chi connectivity index (χ3n) is 2.07. The highest BCUT2D eigenvalue weighted by Crippen LogP contribution is 2.11. The van der Waals surface area contributed by atoms with E-state index in [1.165, 1.54) is 0 Å². The summed E-state index contributed by atoms with van der Waals surface area (Å²) in [4.78, 5) is 4.34. The van der Waals surface area contributed by atoms with Gasteiger partial charge in [0.2, 0.25) is 0 Å². The van der Waals surface area contributed by atoms with Crippen LogP contribution in [0.2, 0.25) is 0 Å². The molecule has 2 heterocycles. The molecule has 0 aliphatic carbocycles. The Balaban J connectivity index is 2.74. The molecule has 4 N–H and O–H groups in total. The Morgan fingerprint density at radius 3 is 2.77 bits per heavy atom. The summed E-state index contributed by atoms with van der Waals surface area (Å²) in [7, 11) is 0. The van der Waals surface area contributed by atoms with Crippen LogP contribution in [0.4, 0.5) is 0 Å². The van der Waals surface area contributed by atoms with E-state index in [4.69, 9.17) is 11.5 Å². The fourth-order valence-electron chi connectivity index (χ4n) is 1.46. The molecule has 4 heteroatoms. The minimum atomic E-state index is 0.436. The van der Waals surface area contributed by atoms with Crippen LogP contribution in [0.3, 0.4) is 0 Å². The normalized spacial score (nSPS) is 10.9. The van der Waals surface area contributed by atoms with Crippen LogP contribution in [-0.2, 0) is 13.1 Å². The number of hydrogen-bond donors (Lipinski definition) is 2. The van der Waals surface area contributed by atoms with Gasteiger partial charge in [-0.25, -0.2) is 4.98 Å². The predicted octanol–water partition coefficient (Wildman–Crippen LogP) is 0.252. The van der Waals surface area contributed by atoms with Crippen molar-refractivity contribution in [3.8, 4) is 0 Å². The quantitative estimate of drug-likeness (QED) is 0.689. The zero-order valence-electron chi connectivity index (χ0n) is 7.27. The summed E-state index contributed by atoms with van der Waals surface area (Å²) in [5.41, 5.74) is 13.1. The molecule has 0 saturated heterocycles. The molecule has 68 valence electrons. The molecule has 13 heavy (non-hydrogen) atoms. The Morgan fingerprint density at radius 2 is 2.08 bits per heavy atom. The van der Waals surface area contributed by atoms with Gasteiger partial charge in [0.1, 0.15) is 5.82 Å². The topological polar surface area (TPSA) is 69.3 Å². The van der Waals surface area contributed by atoms with E-state index >= 15 is 0 Å². The van der Waals surface area contributed by atoms with Crippen molar-refractivity contribution in [2.75, 3.05) is 0 Å². The second-order valence-corrected chi connectivity index (χ2v) is 2.84. The van der Waals surface area contributed by atoms with Gasteiger partial charge in [0, 0.05) is 12.7 Å². The van der Waals surface area contributed by atoms with Crippen molar-refractivity contribution < 1.29 is 0 Å². The van der Waals surface area contributed by atoms with Crippen LogP contribution in [-0.4, -0.2) is 9.38 Å². The van der Waals surface area contributed by atoms with Crippen molar-refractivity contribution in [1.29, 1.82) is 0 Å². The number of aromatic nitrogens is 2. The first kappa shape index (κ1) is 8.22. The van der Waals surface area contributed by atoms with E-state index in [9.17, 15) is 0 Å². The van der Waals surface area contributed by atoms with Crippen molar-refractivity contribution in [2.45, 2.75) is 13.1 Å². The van der Waals surface area contributed by atoms with Gasteiger partial charge in [0.15, 0.2) is 0 Å². The SMILES string of the molecule is NCc1nc(CN)n2ccccc12. The summed E-state index contributed by atoms with van der Waals surface area (Å²) < 4.78 is 1.97. The lowest BCUT2D eigenvalue weighted by Gasteiger charge is -1.95. The standard InChI is InChI=1S/C9H12N4/c10-5-7-8-3-1-2-4-13(8)9(6-11)12-7/h1-4H,5-6,10-11H2. The molecule has 0 unspecified atom stereocenters. The molecule has 2 aromatic rings. The minimum Gasteiger partial charge on any atom is -0.325 e. The van der Waals surface area contributed by atoms with Gasteiger partial charge in [-0.15, -0.1) is 0 Å². The summed E-state index contributed by atoms with van der Waals surface area (Å²) in [5, 5.41) is 0. The largest absolute Gasteiger partial charge is 0.325 e. The molecule has 2 aromatic heterocycles.